The van der Waals surface area contributed by atoms with Gasteiger partial charge in [0.05, 0.1) is 13.8 Å². The van der Waals surface area contributed by atoms with Crippen LogP contribution in [0.4, 0.5) is 8.78 Å². The molecule has 0 aliphatic rings. The van der Waals surface area contributed by atoms with E-state index < -0.39 is 18.5 Å². The summed E-state index contributed by atoms with van der Waals surface area (Å²) in [5.74, 6) is 0.0995. The Morgan fingerprint density at radius 3 is 2.67 bits per heavy atom. The molecule has 0 radical (unpaired) electrons. The molecule has 0 saturated heterocycles. The van der Waals surface area contributed by atoms with Gasteiger partial charge in [-0.3, -0.25) is 4.39 Å². The Bertz CT molecular complexity index is 309. The largest absolute Gasteiger partial charge is 0.496 e. The van der Waals surface area contributed by atoms with Gasteiger partial charge in [-0.15, -0.1) is 12.4 Å². The Balaban J connectivity index is 0.00000196. The molecule has 0 aliphatic carbocycles. The lowest BCUT2D eigenvalue weighted by atomic mass is 10.0. The number of hydrogen-bond donors (Lipinski definition) is 1. The van der Waals surface area contributed by atoms with Crippen LogP contribution in [0.25, 0.3) is 0 Å². The Morgan fingerprint density at radius 2 is 2.13 bits per heavy atom. The highest BCUT2D eigenvalue weighted by Crippen LogP contribution is 2.26. The van der Waals surface area contributed by atoms with Gasteiger partial charge in [0.25, 0.3) is 0 Å². The number of benzene rings is 1. The van der Waals surface area contributed by atoms with Crippen LogP contribution in [0.1, 0.15) is 18.0 Å². The van der Waals surface area contributed by atoms with Crippen LogP contribution in [-0.4, -0.2) is 13.8 Å². The number of rotatable bonds is 4. The van der Waals surface area contributed by atoms with E-state index in [-0.39, 0.29) is 18.8 Å². The molecule has 0 amide bonds. The van der Waals surface area contributed by atoms with E-state index in [9.17, 15) is 8.78 Å². The molecule has 2 nitrogen and oxygen atoms in total. The maximum Gasteiger partial charge on any atom is 0.123 e. The molecule has 0 bridgehead atoms. The number of hydrogen-bond acceptors (Lipinski definition) is 2. The summed E-state index contributed by atoms with van der Waals surface area (Å²) in [4.78, 5) is 0. The van der Waals surface area contributed by atoms with Crippen molar-refractivity contribution in [3.8, 4) is 5.75 Å². The van der Waals surface area contributed by atoms with Crippen LogP contribution in [0, 0.1) is 5.82 Å². The number of alkyl halides is 1. The SMILES string of the molecule is COc1ccc(F)cc1[C@@H](N)CCF.Cl. The summed E-state index contributed by atoms with van der Waals surface area (Å²) in [5.41, 5.74) is 6.17. The quantitative estimate of drug-likeness (QED) is 0.874. The van der Waals surface area contributed by atoms with E-state index in [1.807, 2.05) is 0 Å². The molecule has 0 unspecified atom stereocenters. The fraction of sp³-hybridized carbons (Fsp3) is 0.400. The summed E-state index contributed by atoms with van der Waals surface area (Å²) in [6.07, 6.45) is 0.166. The standard InChI is InChI=1S/C10H13F2NO.ClH/c1-14-10-3-2-7(12)6-8(10)9(13)4-5-11;/h2-3,6,9H,4-5,13H2,1H3;1H/t9-;/m0./s1. The van der Waals surface area contributed by atoms with E-state index in [0.29, 0.717) is 11.3 Å². The molecule has 0 heterocycles. The first-order valence-corrected chi connectivity index (χ1v) is 4.34. The number of halogens is 3. The average molecular weight is 238 g/mol. The highest BCUT2D eigenvalue weighted by molar-refractivity contribution is 5.85. The number of nitrogens with two attached hydrogens (primary N) is 1. The van der Waals surface area contributed by atoms with Crippen LogP contribution in [0.15, 0.2) is 18.2 Å². The molecule has 0 spiro atoms. The van der Waals surface area contributed by atoms with Gasteiger partial charge >= 0.3 is 0 Å². The molecule has 2 N–H and O–H groups in total. The average Bonchev–Trinajstić information content (AvgIpc) is 2.18. The van der Waals surface area contributed by atoms with Gasteiger partial charge in [-0.1, -0.05) is 0 Å². The van der Waals surface area contributed by atoms with E-state index >= 15 is 0 Å². The minimum absolute atomic E-state index is 0. The third-order valence-corrected chi connectivity index (χ3v) is 2.01. The molecule has 15 heavy (non-hydrogen) atoms. The molecular weight excluding hydrogens is 224 g/mol. The second-order valence-electron chi connectivity index (χ2n) is 2.97. The molecular formula is C10H14ClF2NO. The van der Waals surface area contributed by atoms with Crippen molar-refractivity contribution in [3.05, 3.63) is 29.6 Å². The lowest BCUT2D eigenvalue weighted by molar-refractivity contribution is 0.393. The molecule has 0 aromatic heterocycles. The van der Waals surface area contributed by atoms with Crippen LogP contribution in [0.3, 0.4) is 0 Å². The molecule has 0 fully saturated rings. The van der Waals surface area contributed by atoms with Crippen molar-refractivity contribution in [2.45, 2.75) is 12.5 Å². The van der Waals surface area contributed by atoms with E-state index in [0.717, 1.165) is 0 Å². The Hall–Kier alpha value is -0.870. The fourth-order valence-electron chi connectivity index (χ4n) is 1.27. The first-order chi connectivity index (χ1) is 6.69. The summed E-state index contributed by atoms with van der Waals surface area (Å²) in [6, 6.07) is 3.53. The Morgan fingerprint density at radius 1 is 1.47 bits per heavy atom. The molecule has 5 heteroatoms. The predicted molar refractivity (Wildman–Crippen MR) is 57.7 cm³/mol. The summed E-state index contributed by atoms with van der Waals surface area (Å²) in [5, 5.41) is 0. The molecule has 1 aromatic rings. The minimum atomic E-state index is -0.527. The second kappa shape index (κ2) is 6.58. The summed E-state index contributed by atoms with van der Waals surface area (Å²) < 4.78 is 29.9. The van der Waals surface area contributed by atoms with Crippen molar-refractivity contribution in [3.63, 3.8) is 0 Å². The maximum atomic E-state index is 12.9. The van der Waals surface area contributed by atoms with E-state index in [1.165, 1.54) is 25.3 Å². The second-order valence-corrected chi connectivity index (χ2v) is 2.97. The molecule has 0 aliphatic heterocycles. The van der Waals surface area contributed by atoms with Crippen LogP contribution in [0.5, 0.6) is 5.75 Å². The highest BCUT2D eigenvalue weighted by Gasteiger charge is 2.12. The minimum Gasteiger partial charge on any atom is -0.496 e. The van der Waals surface area contributed by atoms with Crippen molar-refractivity contribution in [1.29, 1.82) is 0 Å². The van der Waals surface area contributed by atoms with Gasteiger partial charge in [0.2, 0.25) is 0 Å². The van der Waals surface area contributed by atoms with Crippen LogP contribution in [-0.2, 0) is 0 Å². The molecule has 1 atom stereocenters. The topological polar surface area (TPSA) is 35.2 Å². The highest BCUT2D eigenvalue weighted by atomic mass is 35.5. The van der Waals surface area contributed by atoms with Crippen molar-refractivity contribution < 1.29 is 13.5 Å². The third-order valence-electron chi connectivity index (χ3n) is 2.01. The van der Waals surface area contributed by atoms with Crippen molar-refractivity contribution in [2.75, 3.05) is 13.8 Å². The zero-order valence-corrected chi connectivity index (χ0v) is 9.19. The third kappa shape index (κ3) is 3.64. The van der Waals surface area contributed by atoms with E-state index in [1.54, 1.807) is 0 Å². The van der Waals surface area contributed by atoms with Gasteiger partial charge < -0.3 is 10.5 Å². The van der Waals surface area contributed by atoms with Crippen molar-refractivity contribution in [1.82, 2.24) is 0 Å². The molecule has 86 valence electrons. The molecule has 0 saturated carbocycles. The molecule has 1 aromatic carbocycles. The Kier molecular flexibility index (Phi) is 6.20. The van der Waals surface area contributed by atoms with Gasteiger partial charge in [0.15, 0.2) is 0 Å². The smallest absolute Gasteiger partial charge is 0.123 e. The lowest BCUT2D eigenvalue weighted by Gasteiger charge is -2.14. The lowest BCUT2D eigenvalue weighted by Crippen LogP contribution is -2.12. The summed E-state index contributed by atoms with van der Waals surface area (Å²) in [7, 11) is 1.47. The summed E-state index contributed by atoms with van der Waals surface area (Å²) >= 11 is 0. The first kappa shape index (κ1) is 14.1. The van der Waals surface area contributed by atoms with Gasteiger partial charge in [-0.2, -0.15) is 0 Å². The predicted octanol–water partition coefficient (Wildman–Crippen LogP) is 2.62. The van der Waals surface area contributed by atoms with Crippen molar-refractivity contribution >= 4 is 12.4 Å². The van der Waals surface area contributed by atoms with Crippen molar-refractivity contribution in [2.24, 2.45) is 5.73 Å². The van der Waals surface area contributed by atoms with Crippen LogP contribution < -0.4 is 10.5 Å². The fourth-order valence-corrected chi connectivity index (χ4v) is 1.27. The number of methoxy groups -OCH3 is 1. The van der Waals surface area contributed by atoms with Gasteiger partial charge in [0.1, 0.15) is 11.6 Å². The van der Waals surface area contributed by atoms with E-state index in [4.69, 9.17) is 10.5 Å². The van der Waals surface area contributed by atoms with Crippen LogP contribution in [0.2, 0.25) is 0 Å². The van der Waals surface area contributed by atoms with E-state index in [2.05, 4.69) is 0 Å². The van der Waals surface area contributed by atoms with Gasteiger partial charge in [0, 0.05) is 11.6 Å². The number of ether oxygens (including phenoxy) is 1. The van der Waals surface area contributed by atoms with Gasteiger partial charge in [-0.05, 0) is 24.6 Å². The monoisotopic (exact) mass is 237 g/mol. The van der Waals surface area contributed by atoms with Gasteiger partial charge in [-0.25, -0.2) is 4.39 Å². The zero-order valence-electron chi connectivity index (χ0n) is 8.37. The normalized spacial score (nSPS) is 11.7. The van der Waals surface area contributed by atoms with Crippen LogP contribution >= 0.6 is 12.4 Å². The maximum absolute atomic E-state index is 12.9. The zero-order chi connectivity index (χ0) is 10.6. The first-order valence-electron chi connectivity index (χ1n) is 4.34. The summed E-state index contributed by atoms with van der Waals surface area (Å²) in [6.45, 7) is -0.527. The molecule has 1 rings (SSSR count). The Labute approximate surface area is 93.8 Å².